The first-order chi connectivity index (χ1) is 12.9. The smallest absolute Gasteiger partial charge is 0.233 e. The number of aryl methyl sites for hydroxylation is 1. The van der Waals surface area contributed by atoms with Gasteiger partial charge in [0.25, 0.3) is 0 Å². The zero-order chi connectivity index (χ0) is 19.9. The van der Waals surface area contributed by atoms with E-state index < -0.39 is 10.0 Å². The Morgan fingerprint density at radius 3 is 2.22 bits per heavy atom. The highest BCUT2D eigenvalue weighted by molar-refractivity contribution is 7.92. The van der Waals surface area contributed by atoms with E-state index in [1.54, 1.807) is 12.1 Å². The molecule has 7 nitrogen and oxygen atoms in total. The van der Waals surface area contributed by atoms with Crippen LogP contribution in [0.5, 0.6) is 0 Å². The molecule has 0 spiro atoms. The summed E-state index contributed by atoms with van der Waals surface area (Å²) in [5.74, 6) is 0.874. The van der Waals surface area contributed by atoms with Crippen molar-refractivity contribution >= 4 is 33.0 Å². The fraction of sp³-hybridized carbons (Fsp3) is 0.474. The van der Waals surface area contributed by atoms with Crippen molar-refractivity contribution in [2.75, 3.05) is 33.8 Å². The molecule has 0 saturated carbocycles. The SMILES string of the molecule is CCCCS(=O)(=O)Nc1ccc(Nc2ccc(N(CC)CC)cc2C)nn1. The molecule has 0 amide bonds. The van der Waals surface area contributed by atoms with E-state index in [2.05, 4.69) is 51.1 Å². The van der Waals surface area contributed by atoms with Gasteiger partial charge >= 0.3 is 0 Å². The van der Waals surface area contributed by atoms with E-state index in [1.165, 1.54) is 5.69 Å². The van der Waals surface area contributed by atoms with E-state index in [1.807, 2.05) is 19.9 Å². The first-order valence-electron chi connectivity index (χ1n) is 9.35. The molecule has 8 heteroatoms. The van der Waals surface area contributed by atoms with Crippen LogP contribution in [0.25, 0.3) is 0 Å². The number of anilines is 4. The highest BCUT2D eigenvalue weighted by atomic mass is 32.2. The molecular weight excluding hydrogens is 362 g/mol. The van der Waals surface area contributed by atoms with Gasteiger partial charge in [-0.2, -0.15) is 0 Å². The van der Waals surface area contributed by atoms with Crippen LogP contribution >= 0.6 is 0 Å². The van der Waals surface area contributed by atoms with E-state index in [0.29, 0.717) is 12.2 Å². The van der Waals surface area contributed by atoms with Gasteiger partial charge in [-0.05, 0) is 63.1 Å². The Bertz CT molecular complexity index is 834. The Hall–Kier alpha value is -2.35. The summed E-state index contributed by atoms with van der Waals surface area (Å²) in [6.07, 6.45) is 1.44. The van der Waals surface area contributed by atoms with Gasteiger partial charge in [0.1, 0.15) is 0 Å². The van der Waals surface area contributed by atoms with Crippen molar-refractivity contribution in [2.24, 2.45) is 0 Å². The van der Waals surface area contributed by atoms with Gasteiger partial charge in [-0.15, -0.1) is 10.2 Å². The monoisotopic (exact) mass is 391 g/mol. The van der Waals surface area contributed by atoms with Crippen molar-refractivity contribution in [1.29, 1.82) is 0 Å². The molecule has 1 heterocycles. The Morgan fingerprint density at radius 1 is 1.00 bits per heavy atom. The minimum absolute atomic E-state index is 0.0866. The number of unbranched alkanes of at least 4 members (excludes halogenated alkanes) is 1. The van der Waals surface area contributed by atoms with Gasteiger partial charge < -0.3 is 10.2 Å². The third kappa shape index (κ3) is 6.09. The van der Waals surface area contributed by atoms with Gasteiger partial charge in [-0.3, -0.25) is 4.72 Å². The molecule has 0 fully saturated rings. The lowest BCUT2D eigenvalue weighted by Gasteiger charge is -2.22. The van der Waals surface area contributed by atoms with Crippen molar-refractivity contribution in [3.8, 4) is 0 Å². The average Bonchev–Trinajstić information content (AvgIpc) is 2.64. The van der Waals surface area contributed by atoms with Crippen LogP contribution in [0.15, 0.2) is 30.3 Å². The van der Waals surface area contributed by atoms with Gasteiger partial charge in [-0.25, -0.2) is 8.42 Å². The Kier molecular flexibility index (Phi) is 7.41. The zero-order valence-electron chi connectivity index (χ0n) is 16.5. The van der Waals surface area contributed by atoms with Crippen LogP contribution in [0.2, 0.25) is 0 Å². The predicted molar refractivity (Wildman–Crippen MR) is 112 cm³/mol. The minimum atomic E-state index is -3.37. The van der Waals surface area contributed by atoms with Gasteiger partial charge in [0, 0.05) is 24.5 Å². The summed E-state index contributed by atoms with van der Waals surface area (Å²) in [5.41, 5.74) is 3.23. The van der Waals surface area contributed by atoms with Crippen LogP contribution in [0.3, 0.4) is 0 Å². The maximum Gasteiger partial charge on any atom is 0.233 e. The Morgan fingerprint density at radius 2 is 1.67 bits per heavy atom. The Balaban J connectivity index is 2.06. The number of nitrogens with one attached hydrogen (secondary N) is 2. The molecule has 1 aromatic heterocycles. The number of hydrogen-bond donors (Lipinski definition) is 2. The third-order valence-electron chi connectivity index (χ3n) is 4.29. The van der Waals surface area contributed by atoms with E-state index in [0.717, 1.165) is 30.8 Å². The van der Waals surface area contributed by atoms with Crippen molar-refractivity contribution in [3.63, 3.8) is 0 Å². The predicted octanol–water partition coefficient (Wildman–Crippen LogP) is 3.92. The molecular formula is C19H29N5O2S. The lowest BCUT2D eigenvalue weighted by molar-refractivity contribution is 0.597. The maximum atomic E-state index is 11.9. The zero-order valence-corrected chi connectivity index (χ0v) is 17.3. The third-order valence-corrected chi connectivity index (χ3v) is 5.64. The molecule has 0 saturated heterocycles. The second kappa shape index (κ2) is 9.55. The molecule has 2 aromatic rings. The molecule has 0 radical (unpaired) electrons. The summed E-state index contributed by atoms with van der Waals surface area (Å²) in [6.45, 7) is 10.2. The second-order valence-electron chi connectivity index (χ2n) is 6.37. The summed E-state index contributed by atoms with van der Waals surface area (Å²) in [7, 11) is -3.37. The molecule has 0 atom stereocenters. The molecule has 2 rings (SSSR count). The van der Waals surface area contributed by atoms with Gasteiger partial charge in [0.05, 0.1) is 5.75 Å². The average molecular weight is 392 g/mol. The first-order valence-corrected chi connectivity index (χ1v) is 11.0. The van der Waals surface area contributed by atoms with Gasteiger partial charge in [0.15, 0.2) is 11.6 Å². The molecule has 0 aliphatic rings. The summed E-state index contributed by atoms with van der Waals surface area (Å²) in [4.78, 5) is 2.29. The van der Waals surface area contributed by atoms with Crippen molar-refractivity contribution in [2.45, 2.75) is 40.5 Å². The number of hydrogen-bond acceptors (Lipinski definition) is 6. The molecule has 0 bridgehead atoms. The lowest BCUT2D eigenvalue weighted by Crippen LogP contribution is -2.21. The number of aromatic nitrogens is 2. The standard InChI is InChI=1S/C19H29N5O2S/c1-5-8-13-27(25,26)23-19-12-11-18(21-22-19)20-17-10-9-16(14-15(17)4)24(6-2)7-3/h9-12,14H,5-8,13H2,1-4H3,(H,20,21)(H,22,23). The van der Waals surface area contributed by atoms with E-state index >= 15 is 0 Å². The van der Waals surface area contributed by atoms with Crippen LogP contribution in [-0.4, -0.2) is 37.5 Å². The molecule has 148 valence electrons. The van der Waals surface area contributed by atoms with Crippen molar-refractivity contribution in [3.05, 3.63) is 35.9 Å². The highest BCUT2D eigenvalue weighted by Crippen LogP contribution is 2.25. The largest absolute Gasteiger partial charge is 0.372 e. The molecule has 27 heavy (non-hydrogen) atoms. The maximum absolute atomic E-state index is 11.9. The van der Waals surface area contributed by atoms with E-state index in [4.69, 9.17) is 0 Å². The topological polar surface area (TPSA) is 87.2 Å². The van der Waals surface area contributed by atoms with Crippen molar-refractivity contribution < 1.29 is 8.42 Å². The summed E-state index contributed by atoms with van der Waals surface area (Å²) in [6, 6.07) is 9.55. The van der Waals surface area contributed by atoms with Crippen LogP contribution in [-0.2, 0) is 10.0 Å². The molecule has 0 aliphatic heterocycles. The molecule has 0 unspecified atom stereocenters. The molecule has 2 N–H and O–H groups in total. The fourth-order valence-electron chi connectivity index (χ4n) is 2.71. The van der Waals surface area contributed by atoms with E-state index in [-0.39, 0.29) is 11.6 Å². The number of sulfonamides is 1. The summed E-state index contributed by atoms with van der Waals surface area (Å²) >= 11 is 0. The molecule has 0 aliphatic carbocycles. The number of nitrogens with zero attached hydrogens (tertiary/aromatic N) is 3. The summed E-state index contributed by atoms with van der Waals surface area (Å²) < 4.78 is 26.3. The van der Waals surface area contributed by atoms with Gasteiger partial charge in [0.2, 0.25) is 10.0 Å². The minimum Gasteiger partial charge on any atom is -0.372 e. The number of benzene rings is 1. The van der Waals surface area contributed by atoms with Crippen molar-refractivity contribution in [1.82, 2.24) is 10.2 Å². The highest BCUT2D eigenvalue weighted by Gasteiger charge is 2.11. The molecule has 1 aromatic carbocycles. The van der Waals surface area contributed by atoms with Crippen LogP contribution < -0.4 is 14.9 Å². The first kappa shape index (κ1) is 21.0. The van der Waals surface area contributed by atoms with E-state index in [9.17, 15) is 8.42 Å². The second-order valence-corrected chi connectivity index (χ2v) is 8.22. The number of rotatable bonds is 10. The Labute approximate surface area is 162 Å². The fourth-order valence-corrected chi connectivity index (χ4v) is 3.91. The van der Waals surface area contributed by atoms with Crippen LogP contribution in [0.1, 0.15) is 39.2 Å². The lowest BCUT2D eigenvalue weighted by atomic mass is 10.1. The van der Waals surface area contributed by atoms with Crippen LogP contribution in [0, 0.1) is 6.92 Å². The normalized spacial score (nSPS) is 11.3. The van der Waals surface area contributed by atoms with Gasteiger partial charge in [-0.1, -0.05) is 13.3 Å². The quantitative estimate of drug-likeness (QED) is 0.638. The summed E-state index contributed by atoms with van der Waals surface area (Å²) in [5, 5.41) is 11.3. The van der Waals surface area contributed by atoms with Crippen LogP contribution in [0.4, 0.5) is 23.0 Å².